The Morgan fingerprint density at radius 1 is 1.03 bits per heavy atom. The maximum absolute atomic E-state index is 13.1. The summed E-state index contributed by atoms with van der Waals surface area (Å²) in [6.45, 7) is 1.71. The van der Waals surface area contributed by atoms with Gasteiger partial charge in [-0.2, -0.15) is 0 Å². The zero-order valence-electron chi connectivity index (χ0n) is 19.6. The molecule has 2 N–H and O–H groups in total. The van der Waals surface area contributed by atoms with Crippen LogP contribution in [0.2, 0.25) is 0 Å². The lowest BCUT2D eigenvalue weighted by Gasteiger charge is -2.28. The highest BCUT2D eigenvalue weighted by atomic mass is 32.1. The number of carbonyl (C=O) groups is 3. The summed E-state index contributed by atoms with van der Waals surface area (Å²) in [6.07, 6.45) is 1.45. The second-order valence-corrected chi connectivity index (χ2v) is 8.30. The highest BCUT2D eigenvalue weighted by Gasteiger charge is 2.34. The van der Waals surface area contributed by atoms with E-state index >= 15 is 0 Å². The van der Waals surface area contributed by atoms with E-state index in [9.17, 15) is 14.4 Å². The number of rotatable bonds is 7. The van der Waals surface area contributed by atoms with E-state index in [0.717, 1.165) is 5.56 Å². The van der Waals surface area contributed by atoms with E-state index in [0.29, 0.717) is 28.4 Å². The van der Waals surface area contributed by atoms with Crippen molar-refractivity contribution in [3.63, 3.8) is 0 Å². The quantitative estimate of drug-likeness (QED) is 0.290. The second-order valence-electron chi connectivity index (χ2n) is 7.91. The Morgan fingerprint density at radius 2 is 1.81 bits per heavy atom. The first-order chi connectivity index (χ1) is 17.4. The standard InChI is InChI=1S/C27H23N3O5S/c1-17-7-6-8-19(13-17)28-24(31)16-35-22-12-11-18(15-23(22)34-2)14-21-25(32)29-27(36)30(26(21)33)20-9-4-3-5-10-20/h3-15H,16H2,1-2H3,(H,28,31)(H,29,32,36)/b21-14-. The van der Waals surface area contributed by atoms with Crippen LogP contribution in [0.25, 0.3) is 6.08 Å². The fraction of sp³-hybridized carbons (Fsp3) is 0.111. The molecule has 1 fully saturated rings. The van der Waals surface area contributed by atoms with Crippen molar-refractivity contribution in [2.45, 2.75) is 6.92 Å². The van der Waals surface area contributed by atoms with Crippen LogP contribution in [0, 0.1) is 6.92 Å². The molecule has 1 saturated heterocycles. The number of nitrogens with zero attached hydrogens (tertiary/aromatic N) is 1. The number of nitrogens with one attached hydrogen (secondary N) is 2. The van der Waals surface area contributed by atoms with Gasteiger partial charge in [0, 0.05) is 5.69 Å². The Labute approximate surface area is 213 Å². The van der Waals surface area contributed by atoms with Crippen LogP contribution in [0.5, 0.6) is 11.5 Å². The second kappa shape index (κ2) is 10.8. The Hall–Kier alpha value is -4.50. The number of methoxy groups -OCH3 is 1. The van der Waals surface area contributed by atoms with Crippen molar-refractivity contribution < 1.29 is 23.9 Å². The minimum Gasteiger partial charge on any atom is -0.493 e. The van der Waals surface area contributed by atoms with Crippen LogP contribution < -0.4 is 25.0 Å². The lowest BCUT2D eigenvalue weighted by atomic mass is 10.1. The molecule has 182 valence electrons. The molecule has 1 aliphatic heterocycles. The highest BCUT2D eigenvalue weighted by Crippen LogP contribution is 2.30. The molecule has 0 atom stereocenters. The van der Waals surface area contributed by atoms with Crippen LogP contribution in [0.4, 0.5) is 11.4 Å². The van der Waals surface area contributed by atoms with Crippen molar-refractivity contribution in [1.29, 1.82) is 0 Å². The van der Waals surface area contributed by atoms with Gasteiger partial charge in [-0.3, -0.25) is 24.6 Å². The number of amides is 3. The number of carbonyl (C=O) groups excluding carboxylic acids is 3. The summed E-state index contributed by atoms with van der Waals surface area (Å²) in [5.41, 5.74) is 2.70. The van der Waals surface area contributed by atoms with Gasteiger partial charge in [-0.1, -0.05) is 36.4 Å². The van der Waals surface area contributed by atoms with Gasteiger partial charge < -0.3 is 14.8 Å². The molecule has 0 radical (unpaired) electrons. The van der Waals surface area contributed by atoms with Crippen molar-refractivity contribution in [3.8, 4) is 11.5 Å². The molecule has 0 aromatic heterocycles. The lowest BCUT2D eigenvalue weighted by molar-refractivity contribution is -0.122. The van der Waals surface area contributed by atoms with Crippen LogP contribution >= 0.6 is 12.2 Å². The van der Waals surface area contributed by atoms with Crippen molar-refractivity contribution >= 4 is 52.5 Å². The van der Waals surface area contributed by atoms with Crippen LogP contribution in [-0.4, -0.2) is 36.6 Å². The zero-order chi connectivity index (χ0) is 25.7. The highest BCUT2D eigenvalue weighted by molar-refractivity contribution is 7.80. The molecule has 4 rings (SSSR count). The van der Waals surface area contributed by atoms with E-state index in [1.165, 1.54) is 18.1 Å². The Balaban J connectivity index is 1.50. The summed E-state index contributed by atoms with van der Waals surface area (Å²) >= 11 is 5.21. The smallest absolute Gasteiger partial charge is 0.270 e. The molecule has 3 aromatic rings. The molecule has 1 aliphatic rings. The van der Waals surface area contributed by atoms with Crippen molar-refractivity contribution in [1.82, 2.24) is 5.32 Å². The Morgan fingerprint density at radius 3 is 2.53 bits per heavy atom. The number of para-hydroxylation sites is 1. The maximum Gasteiger partial charge on any atom is 0.270 e. The summed E-state index contributed by atoms with van der Waals surface area (Å²) in [5.74, 6) is -0.779. The van der Waals surface area contributed by atoms with Gasteiger partial charge in [0.05, 0.1) is 12.8 Å². The van der Waals surface area contributed by atoms with Crippen molar-refractivity contribution in [3.05, 3.63) is 89.5 Å². The first kappa shape index (κ1) is 24.6. The largest absolute Gasteiger partial charge is 0.493 e. The first-order valence-corrected chi connectivity index (χ1v) is 11.4. The zero-order valence-corrected chi connectivity index (χ0v) is 20.4. The van der Waals surface area contributed by atoms with E-state index in [4.69, 9.17) is 21.7 Å². The topological polar surface area (TPSA) is 97.0 Å². The molecular weight excluding hydrogens is 478 g/mol. The number of ether oxygens (including phenoxy) is 2. The SMILES string of the molecule is COc1cc(/C=C2/C(=O)NC(=S)N(c3ccccc3)C2=O)ccc1OCC(=O)Nc1cccc(C)c1. The minimum atomic E-state index is -0.593. The maximum atomic E-state index is 13.1. The fourth-order valence-electron chi connectivity index (χ4n) is 3.59. The first-order valence-electron chi connectivity index (χ1n) is 11.0. The number of anilines is 2. The summed E-state index contributed by atoms with van der Waals surface area (Å²) in [7, 11) is 1.46. The van der Waals surface area contributed by atoms with Gasteiger partial charge in [-0.25, -0.2) is 0 Å². The molecule has 36 heavy (non-hydrogen) atoms. The van der Waals surface area contributed by atoms with E-state index in [-0.39, 0.29) is 23.2 Å². The van der Waals surface area contributed by atoms with Gasteiger partial charge in [-0.15, -0.1) is 0 Å². The number of thiocarbonyl (C=S) groups is 1. The number of benzene rings is 3. The molecular formula is C27H23N3O5S. The molecule has 0 unspecified atom stereocenters. The normalized spacial score (nSPS) is 14.4. The van der Waals surface area contributed by atoms with Crippen LogP contribution in [-0.2, 0) is 14.4 Å². The predicted octanol–water partition coefficient (Wildman–Crippen LogP) is 3.85. The monoisotopic (exact) mass is 501 g/mol. The van der Waals surface area contributed by atoms with E-state index in [2.05, 4.69) is 10.6 Å². The third-order valence-corrected chi connectivity index (χ3v) is 5.56. The molecule has 3 amide bonds. The Bertz CT molecular complexity index is 1370. The molecule has 0 bridgehead atoms. The summed E-state index contributed by atoms with van der Waals surface area (Å²) in [4.78, 5) is 39.2. The average Bonchev–Trinajstić information content (AvgIpc) is 2.86. The lowest BCUT2D eigenvalue weighted by Crippen LogP contribution is -2.54. The van der Waals surface area contributed by atoms with Gasteiger partial charge in [0.15, 0.2) is 23.2 Å². The fourth-order valence-corrected chi connectivity index (χ4v) is 3.87. The van der Waals surface area contributed by atoms with Gasteiger partial charge in [0.25, 0.3) is 17.7 Å². The van der Waals surface area contributed by atoms with Crippen LogP contribution in [0.1, 0.15) is 11.1 Å². The van der Waals surface area contributed by atoms with E-state index < -0.39 is 11.8 Å². The van der Waals surface area contributed by atoms with Gasteiger partial charge in [-0.05, 0) is 72.7 Å². The molecule has 9 heteroatoms. The van der Waals surface area contributed by atoms with E-state index in [1.807, 2.05) is 31.2 Å². The molecule has 0 spiro atoms. The Kier molecular flexibility index (Phi) is 7.41. The third kappa shape index (κ3) is 5.59. The summed E-state index contributed by atoms with van der Waals surface area (Å²) < 4.78 is 11.0. The molecule has 0 aliphatic carbocycles. The van der Waals surface area contributed by atoms with Crippen LogP contribution in [0.15, 0.2) is 78.4 Å². The van der Waals surface area contributed by atoms with Gasteiger partial charge in [0.1, 0.15) is 5.57 Å². The molecule has 0 saturated carbocycles. The number of hydrogen-bond acceptors (Lipinski definition) is 6. The van der Waals surface area contributed by atoms with Gasteiger partial charge >= 0.3 is 0 Å². The molecule has 1 heterocycles. The summed E-state index contributed by atoms with van der Waals surface area (Å²) in [5, 5.41) is 5.34. The van der Waals surface area contributed by atoms with Crippen molar-refractivity contribution in [2.24, 2.45) is 0 Å². The number of aryl methyl sites for hydroxylation is 1. The molecule has 3 aromatic carbocycles. The third-order valence-electron chi connectivity index (χ3n) is 5.28. The van der Waals surface area contributed by atoms with Crippen LogP contribution in [0.3, 0.4) is 0 Å². The number of hydrogen-bond donors (Lipinski definition) is 2. The predicted molar refractivity (Wildman–Crippen MR) is 141 cm³/mol. The average molecular weight is 502 g/mol. The molecule has 8 nitrogen and oxygen atoms in total. The van der Waals surface area contributed by atoms with E-state index in [1.54, 1.807) is 48.5 Å². The van der Waals surface area contributed by atoms with Crippen molar-refractivity contribution in [2.75, 3.05) is 23.9 Å². The minimum absolute atomic E-state index is 0.0126. The summed E-state index contributed by atoms with van der Waals surface area (Å²) in [6, 6.07) is 21.1. The van der Waals surface area contributed by atoms with Gasteiger partial charge in [0.2, 0.25) is 0 Å².